The number of alkyl halides is 2. The second-order valence-corrected chi connectivity index (χ2v) is 8.06. The monoisotopic (exact) mass is 409 g/mol. The van der Waals surface area contributed by atoms with Gasteiger partial charge in [-0.2, -0.15) is 13.9 Å². The number of hydrogen-bond donors (Lipinski definition) is 1. The van der Waals surface area contributed by atoms with Gasteiger partial charge in [0.05, 0.1) is 12.6 Å². The van der Waals surface area contributed by atoms with Crippen LogP contribution in [0.5, 0.6) is 11.5 Å². The molecule has 0 aliphatic carbocycles. The molecule has 0 radical (unpaired) electrons. The zero-order valence-electron chi connectivity index (χ0n) is 17.8. The van der Waals surface area contributed by atoms with Crippen molar-refractivity contribution in [3.63, 3.8) is 0 Å². The van der Waals surface area contributed by atoms with Crippen LogP contribution in [0.2, 0.25) is 0 Å². The number of rotatable bonds is 8. The van der Waals surface area contributed by atoms with Gasteiger partial charge in [0.15, 0.2) is 11.5 Å². The first-order valence-electron chi connectivity index (χ1n) is 9.53. The second kappa shape index (κ2) is 9.24. The third-order valence-electron chi connectivity index (χ3n) is 4.34. The van der Waals surface area contributed by atoms with Crippen molar-refractivity contribution in [3.8, 4) is 11.5 Å². The minimum atomic E-state index is -2.94. The van der Waals surface area contributed by atoms with Crippen LogP contribution in [0.15, 0.2) is 24.3 Å². The van der Waals surface area contributed by atoms with E-state index in [-0.39, 0.29) is 28.9 Å². The molecule has 1 aromatic carbocycles. The van der Waals surface area contributed by atoms with E-state index in [0.717, 1.165) is 11.3 Å². The van der Waals surface area contributed by atoms with Crippen LogP contribution in [0.25, 0.3) is 0 Å². The van der Waals surface area contributed by atoms with Crippen molar-refractivity contribution in [3.05, 3.63) is 41.2 Å². The van der Waals surface area contributed by atoms with E-state index in [0.29, 0.717) is 18.7 Å². The molecule has 0 fully saturated rings. The Morgan fingerprint density at radius 3 is 2.41 bits per heavy atom. The number of nitrogens with zero attached hydrogens (tertiary/aromatic N) is 2. The molecule has 2 aromatic rings. The van der Waals surface area contributed by atoms with E-state index in [2.05, 4.69) is 29.0 Å². The summed E-state index contributed by atoms with van der Waals surface area (Å²) in [5.74, 6) is 0.159. The fraction of sp³-hybridized carbons (Fsp3) is 0.524. The van der Waals surface area contributed by atoms with Crippen molar-refractivity contribution in [2.45, 2.75) is 59.1 Å². The van der Waals surface area contributed by atoms with Crippen LogP contribution < -0.4 is 14.8 Å². The van der Waals surface area contributed by atoms with Crippen molar-refractivity contribution < 1.29 is 23.0 Å². The third-order valence-corrected chi connectivity index (χ3v) is 4.34. The Kier molecular flexibility index (Phi) is 7.21. The fourth-order valence-corrected chi connectivity index (χ4v) is 2.93. The van der Waals surface area contributed by atoms with E-state index in [1.165, 1.54) is 13.2 Å². The zero-order chi connectivity index (χ0) is 21.8. The fourth-order valence-electron chi connectivity index (χ4n) is 2.93. The molecule has 1 N–H and O–H groups in total. The highest BCUT2D eigenvalue weighted by molar-refractivity contribution is 5.92. The standard InChI is InChI=1S/C21H29F2N3O3/c1-13(2)16-12-15(25-26(16)21(3,4)5)19(27)24-10-9-14-7-8-17(28-6)18(11-14)29-20(22)23/h7-8,11-13,20H,9-10H2,1-6H3,(H,24,27). The lowest BCUT2D eigenvalue weighted by Crippen LogP contribution is -2.28. The van der Waals surface area contributed by atoms with Crippen molar-refractivity contribution in [1.82, 2.24) is 15.1 Å². The van der Waals surface area contributed by atoms with Crippen LogP contribution in [0.4, 0.5) is 8.78 Å². The highest BCUT2D eigenvalue weighted by Gasteiger charge is 2.23. The molecule has 29 heavy (non-hydrogen) atoms. The predicted octanol–water partition coefficient (Wildman–Crippen LogP) is 4.34. The molecule has 1 aromatic heterocycles. The molecule has 0 saturated carbocycles. The van der Waals surface area contributed by atoms with E-state index < -0.39 is 6.61 Å². The Balaban J connectivity index is 2.05. The number of carbonyl (C=O) groups excluding carboxylic acids is 1. The average molecular weight is 409 g/mol. The Morgan fingerprint density at radius 1 is 1.21 bits per heavy atom. The lowest BCUT2D eigenvalue weighted by Gasteiger charge is -2.23. The van der Waals surface area contributed by atoms with Crippen LogP contribution in [0, 0.1) is 0 Å². The van der Waals surface area contributed by atoms with Crippen LogP contribution in [-0.2, 0) is 12.0 Å². The SMILES string of the molecule is COc1ccc(CCNC(=O)c2cc(C(C)C)n(C(C)(C)C)n2)cc1OC(F)F. The molecule has 6 nitrogen and oxygen atoms in total. The van der Waals surface area contributed by atoms with Gasteiger partial charge in [-0.3, -0.25) is 9.48 Å². The molecular weight excluding hydrogens is 380 g/mol. The van der Waals surface area contributed by atoms with Gasteiger partial charge in [-0.05, 0) is 56.9 Å². The van der Waals surface area contributed by atoms with Gasteiger partial charge in [-0.25, -0.2) is 0 Å². The van der Waals surface area contributed by atoms with Crippen molar-refractivity contribution in [2.75, 3.05) is 13.7 Å². The predicted molar refractivity (Wildman–Crippen MR) is 107 cm³/mol. The van der Waals surface area contributed by atoms with E-state index in [1.807, 2.05) is 31.5 Å². The molecular formula is C21H29F2N3O3. The Morgan fingerprint density at radius 2 is 1.90 bits per heavy atom. The summed E-state index contributed by atoms with van der Waals surface area (Å²) in [6.45, 7) is 7.63. The normalized spacial score (nSPS) is 11.8. The summed E-state index contributed by atoms with van der Waals surface area (Å²) in [7, 11) is 1.38. The van der Waals surface area contributed by atoms with Crippen LogP contribution in [0.1, 0.15) is 62.3 Å². The number of ether oxygens (including phenoxy) is 2. The van der Waals surface area contributed by atoms with Gasteiger partial charge in [0, 0.05) is 12.2 Å². The van der Waals surface area contributed by atoms with Gasteiger partial charge in [0.25, 0.3) is 5.91 Å². The lowest BCUT2D eigenvalue weighted by atomic mass is 10.1. The minimum absolute atomic E-state index is 0.0307. The maximum Gasteiger partial charge on any atom is 0.387 e. The summed E-state index contributed by atoms with van der Waals surface area (Å²) in [5, 5.41) is 7.31. The van der Waals surface area contributed by atoms with E-state index in [4.69, 9.17) is 4.74 Å². The number of halogens is 2. The number of hydrogen-bond acceptors (Lipinski definition) is 4. The third kappa shape index (κ3) is 5.92. The summed E-state index contributed by atoms with van der Waals surface area (Å²) < 4.78 is 36.5. The average Bonchev–Trinajstić information content (AvgIpc) is 3.07. The highest BCUT2D eigenvalue weighted by atomic mass is 19.3. The van der Waals surface area contributed by atoms with Gasteiger partial charge < -0.3 is 14.8 Å². The summed E-state index contributed by atoms with van der Waals surface area (Å²) >= 11 is 0. The number of nitrogens with one attached hydrogen (secondary N) is 1. The zero-order valence-corrected chi connectivity index (χ0v) is 17.8. The molecule has 0 bridgehead atoms. The molecule has 0 aliphatic rings. The van der Waals surface area contributed by atoms with Gasteiger partial charge in [0.1, 0.15) is 5.69 Å². The number of amides is 1. The summed E-state index contributed by atoms with van der Waals surface area (Å²) in [5.41, 5.74) is 1.86. The van der Waals surface area contributed by atoms with Crippen LogP contribution >= 0.6 is 0 Å². The molecule has 160 valence electrons. The molecule has 0 atom stereocenters. The minimum Gasteiger partial charge on any atom is -0.493 e. The molecule has 0 aliphatic heterocycles. The first-order chi connectivity index (χ1) is 13.5. The second-order valence-electron chi connectivity index (χ2n) is 8.06. The Labute approximate surface area is 170 Å². The Hall–Kier alpha value is -2.64. The van der Waals surface area contributed by atoms with Crippen molar-refractivity contribution >= 4 is 5.91 Å². The number of carbonyl (C=O) groups is 1. The Bertz CT molecular complexity index is 842. The molecule has 1 amide bonds. The topological polar surface area (TPSA) is 65.4 Å². The van der Waals surface area contributed by atoms with Crippen LogP contribution in [0.3, 0.4) is 0 Å². The molecule has 0 spiro atoms. The lowest BCUT2D eigenvalue weighted by molar-refractivity contribution is -0.0512. The van der Waals surface area contributed by atoms with Crippen molar-refractivity contribution in [2.24, 2.45) is 0 Å². The molecule has 0 saturated heterocycles. The summed E-state index contributed by atoms with van der Waals surface area (Å²) in [6.07, 6.45) is 0.451. The summed E-state index contributed by atoms with van der Waals surface area (Å²) in [6, 6.07) is 6.61. The maximum atomic E-state index is 12.5. The first-order valence-corrected chi connectivity index (χ1v) is 9.53. The highest BCUT2D eigenvalue weighted by Crippen LogP contribution is 2.29. The van der Waals surface area contributed by atoms with Gasteiger partial charge in [-0.15, -0.1) is 0 Å². The molecule has 1 heterocycles. The molecule has 0 unspecified atom stereocenters. The van der Waals surface area contributed by atoms with Gasteiger partial charge in [0.2, 0.25) is 0 Å². The quantitative estimate of drug-likeness (QED) is 0.704. The molecule has 8 heteroatoms. The maximum absolute atomic E-state index is 12.5. The summed E-state index contributed by atoms with van der Waals surface area (Å²) in [4.78, 5) is 12.5. The first kappa shape index (κ1) is 22.6. The van der Waals surface area contributed by atoms with Gasteiger partial charge in [-0.1, -0.05) is 19.9 Å². The molecule has 2 rings (SSSR count). The number of methoxy groups -OCH3 is 1. The number of aromatic nitrogens is 2. The van der Waals surface area contributed by atoms with E-state index >= 15 is 0 Å². The van der Waals surface area contributed by atoms with E-state index in [1.54, 1.807) is 12.1 Å². The van der Waals surface area contributed by atoms with Crippen LogP contribution in [-0.4, -0.2) is 36.0 Å². The number of benzene rings is 1. The van der Waals surface area contributed by atoms with Crippen molar-refractivity contribution in [1.29, 1.82) is 0 Å². The van der Waals surface area contributed by atoms with E-state index in [9.17, 15) is 13.6 Å². The smallest absolute Gasteiger partial charge is 0.387 e. The largest absolute Gasteiger partial charge is 0.493 e. The van der Waals surface area contributed by atoms with Gasteiger partial charge >= 0.3 is 6.61 Å².